The van der Waals surface area contributed by atoms with Gasteiger partial charge in [-0.15, -0.1) is 0 Å². The second kappa shape index (κ2) is 4.97. The average molecular weight is 187 g/mol. The van der Waals surface area contributed by atoms with E-state index in [9.17, 15) is 4.79 Å². The van der Waals surface area contributed by atoms with E-state index in [-0.39, 0.29) is 0 Å². The molecule has 1 saturated heterocycles. The first-order valence-corrected chi connectivity index (χ1v) is 4.35. The van der Waals surface area contributed by atoms with Crippen LogP contribution in [0.25, 0.3) is 0 Å². The maximum atomic E-state index is 10.7. The topological polar surface area (TPSA) is 57.2 Å². The van der Waals surface area contributed by atoms with Gasteiger partial charge in [0.1, 0.15) is 5.78 Å². The summed E-state index contributed by atoms with van der Waals surface area (Å²) in [7, 11) is 4.35. The molecule has 1 aliphatic rings. The van der Waals surface area contributed by atoms with Crippen molar-refractivity contribution in [2.45, 2.75) is 19.8 Å². The van der Waals surface area contributed by atoms with Gasteiger partial charge >= 0.3 is 0 Å². The zero-order valence-corrected chi connectivity index (χ0v) is 8.50. The minimum Gasteiger partial charge on any atom is -0.550 e. The quantitative estimate of drug-likeness (QED) is 0.466. The third-order valence-electron chi connectivity index (χ3n) is 1.99. The standard InChI is InChI=1S/C7H14NO.C2H4O2/c1-8(2)5-3-7(9)4-6-8;1-2(3)4/h3-6H2,1-2H3;1H3,(H,3,4)/q+1;/p-1. The molecule has 0 amide bonds. The van der Waals surface area contributed by atoms with Crippen molar-refractivity contribution < 1.29 is 19.2 Å². The van der Waals surface area contributed by atoms with E-state index < -0.39 is 5.97 Å². The number of carboxylic acid groups (broad SMARTS) is 1. The molecule has 0 bridgehead atoms. The van der Waals surface area contributed by atoms with Gasteiger partial charge in [0.2, 0.25) is 0 Å². The summed E-state index contributed by atoms with van der Waals surface area (Å²) in [6, 6.07) is 0. The predicted octanol–water partition coefficient (Wildman–Crippen LogP) is -0.818. The average Bonchev–Trinajstić information content (AvgIpc) is 1.95. The molecule has 0 aromatic carbocycles. The van der Waals surface area contributed by atoms with E-state index in [1.165, 1.54) is 0 Å². The fourth-order valence-electron chi connectivity index (χ4n) is 1.09. The molecular formula is C9H17NO3. The molecule has 76 valence electrons. The molecule has 4 heteroatoms. The SMILES string of the molecule is CC(=O)[O-].C[N+]1(C)CCC(=O)CC1. The highest BCUT2D eigenvalue weighted by Crippen LogP contribution is 2.09. The molecule has 1 fully saturated rings. The highest BCUT2D eigenvalue weighted by atomic mass is 16.4. The van der Waals surface area contributed by atoms with Crippen molar-refractivity contribution in [1.82, 2.24) is 0 Å². The van der Waals surface area contributed by atoms with Gasteiger partial charge in [-0.25, -0.2) is 0 Å². The van der Waals surface area contributed by atoms with Crippen LogP contribution in [0.15, 0.2) is 0 Å². The van der Waals surface area contributed by atoms with Gasteiger partial charge in [-0.3, -0.25) is 4.79 Å². The van der Waals surface area contributed by atoms with Gasteiger partial charge in [0, 0.05) is 5.97 Å². The minimum absolute atomic E-state index is 0.437. The number of piperidine rings is 1. The first-order valence-electron chi connectivity index (χ1n) is 4.35. The Kier molecular flexibility index (Phi) is 4.62. The van der Waals surface area contributed by atoms with Crippen molar-refractivity contribution >= 4 is 11.8 Å². The largest absolute Gasteiger partial charge is 0.550 e. The monoisotopic (exact) mass is 187 g/mol. The Morgan fingerprint density at radius 1 is 1.31 bits per heavy atom. The number of carboxylic acids is 1. The summed E-state index contributed by atoms with van der Waals surface area (Å²) in [5.74, 6) is -0.646. The van der Waals surface area contributed by atoms with Crippen LogP contribution in [-0.2, 0) is 9.59 Å². The normalized spacial score (nSPS) is 20.1. The van der Waals surface area contributed by atoms with Crippen molar-refractivity contribution in [2.75, 3.05) is 27.2 Å². The third kappa shape index (κ3) is 7.46. The highest BCUT2D eigenvalue weighted by Gasteiger charge is 2.23. The van der Waals surface area contributed by atoms with Crippen LogP contribution in [0, 0.1) is 0 Å². The fraction of sp³-hybridized carbons (Fsp3) is 0.778. The lowest BCUT2D eigenvalue weighted by atomic mass is 10.1. The fourth-order valence-corrected chi connectivity index (χ4v) is 1.09. The van der Waals surface area contributed by atoms with E-state index in [1.807, 2.05) is 0 Å². The summed E-state index contributed by atoms with van der Waals surface area (Å²) in [4.78, 5) is 19.6. The van der Waals surface area contributed by atoms with E-state index in [0.29, 0.717) is 5.78 Å². The number of quaternary nitrogens is 1. The molecule has 4 nitrogen and oxygen atoms in total. The van der Waals surface area contributed by atoms with Crippen molar-refractivity contribution in [3.8, 4) is 0 Å². The van der Waals surface area contributed by atoms with E-state index in [2.05, 4.69) is 14.1 Å². The van der Waals surface area contributed by atoms with Crippen molar-refractivity contribution in [3.05, 3.63) is 0 Å². The Bertz CT molecular complexity index is 183. The van der Waals surface area contributed by atoms with Crippen LogP contribution in [0.2, 0.25) is 0 Å². The number of hydrogen-bond acceptors (Lipinski definition) is 3. The number of carbonyl (C=O) groups is 2. The maximum absolute atomic E-state index is 10.7. The molecule has 1 rings (SSSR count). The summed E-state index contributed by atoms with van der Waals surface area (Å²) in [6.45, 7) is 3.03. The zero-order chi connectivity index (χ0) is 10.5. The number of aliphatic carboxylic acids is 1. The summed E-state index contributed by atoms with van der Waals surface area (Å²) in [5.41, 5.74) is 0. The van der Waals surface area contributed by atoms with Gasteiger partial charge < -0.3 is 14.4 Å². The van der Waals surface area contributed by atoms with Crippen LogP contribution in [0.3, 0.4) is 0 Å². The van der Waals surface area contributed by atoms with Crippen LogP contribution in [0.1, 0.15) is 19.8 Å². The van der Waals surface area contributed by atoms with Gasteiger partial charge in [-0.05, 0) is 6.92 Å². The molecule has 13 heavy (non-hydrogen) atoms. The summed E-state index contributed by atoms with van der Waals surface area (Å²) < 4.78 is 1.02. The second-order valence-corrected chi connectivity index (χ2v) is 3.91. The summed E-state index contributed by atoms with van der Waals surface area (Å²) in [5, 5.41) is 8.89. The number of Topliss-reactive ketones (excluding diaryl/α,β-unsaturated/α-hetero) is 1. The molecular weight excluding hydrogens is 170 g/mol. The van der Waals surface area contributed by atoms with Crippen LogP contribution in [-0.4, -0.2) is 43.4 Å². The zero-order valence-electron chi connectivity index (χ0n) is 8.50. The van der Waals surface area contributed by atoms with Gasteiger partial charge in [0.25, 0.3) is 0 Å². The molecule has 0 aliphatic carbocycles. The number of nitrogens with zero attached hydrogens (tertiary/aromatic N) is 1. The van der Waals surface area contributed by atoms with E-state index in [0.717, 1.165) is 37.3 Å². The second-order valence-electron chi connectivity index (χ2n) is 3.91. The number of hydrogen-bond donors (Lipinski definition) is 0. The molecule has 0 saturated carbocycles. The highest BCUT2D eigenvalue weighted by molar-refractivity contribution is 5.78. The Hall–Kier alpha value is -0.900. The number of carbonyl (C=O) groups excluding carboxylic acids is 2. The van der Waals surface area contributed by atoms with Crippen LogP contribution in [0.5, 0.6) is 0 Å². The van der Waals surface area contributed by atoms with Crippen molar-refractivity contribution in [1.29, 1.82) is 0 Å². The lowest BCUT2D eigenvalue weighted by molar-refractivity contribution is -0.891. The first-order chi connectivity index (χ1) is 5.83. The van der Waals surface area contributed by atoms with Crippen molar-refractivity contribution in [3.63, 3.8) is 0 Å². The van der Waals surface area contributed by atoms with Crippen molar-refractivity contribution in [2.24, 2.45) is 0 Å². The lowest BCUT2D eigenvalue weighted by Crippen LogP contribution is -2.46. The molecule has 0 radical (unpaired) electrons. The molecule has 1 heterocycles. The minimum atomic E-state index is -1.08. The Balaban J connectivity index is 0.000000310. The van der Waals surface area contributed by atoms with Gasteiger partial charge in [0.15, 0.2) is 0 Å². The number of likely N-dealkylation sites (tertiary alicyclic amines) is 1. The Morgan fingerprint density at radius 3 is 1.85 bits per heavy atom. The first kappa shape index (κ1) is 12.1. The molecule has 0 atom stereocenters. The van der Waals surface area contributed by atoms with E-state index in [4.69, 9.17) is 9.90 Å². The third-order valence-corrected chi connectivity index (χ3v) is 1.99. The van der Waals surface area contributed by atoms with Gasteiger partial charge in [-0.2, -0.15) is 0 Å². The van der Waals surface area contributed by atoms with Crippen LogP contribution in [0.4, 0.5) is 0 Å². The molecule has 0 spiro atoms. The maximum Gasteiger partial charge on any atom is 0.144 e. The molecule has 0 unspecified atom stereocenters. The van der Waals surface area contributed by atoms with Crippen LogP contribution < -0.4 is 5.11 Å². The van der Waals surface area contributed by atoms with E-state index >= 15 is 0 Å². The van der Waals surface area contributed by atoms with Crippen LogP contribution >= 0.6 is 0 Å². The molecule has 0 aromatic heterocycles. The van der Waals surface area contributed by atoms with E-state index in [1.54, 1.807) is 0 Å². The summed E-state index contributed by atoms with van der Waals surface area (Å²) >= 11 is 0. The Morgan fingerprint density at radius 2 is 1.62 bits per heavy atom. The van der Waals surface area contributed by atoms with Gasteiger partial charge in [0.05, 0.1) is 40.0 Å². The smallest absolute Gasteiger partial charge is 0.144 e. The molecule has 0 aromatic rings. The van der Waals surface area contributed by atoms with Gasteiger partial charge in [-0.1, -0.05) is 0 Å². The molecule has 1 aliphatic heterocycles. The Labute approximate surface area is 78.7 Å². The number of rotatable bonds is 0. The number of ketones is 1. The molecule has 0 N–H and O–H groups in total. The predicted molar refractivity (Wildman–Crippen MR) is 46.8 cm³/mol. The lowest BCUT2D eigenvalue weighted by Gasteiger charge is -2.32. The summed E-state index contributed by atoms with van der Waals surface area (Å²) in [6.07, 6.45) is 1.57.